The van der Waals surface area contributed by atoms with Crippen LogP contribution in [0.25, 0.3) is 0 Å². The van der Waals surface area contributed by atoms with E-state index >= 15 is 0 Å². The Morgan fingerprint density at radius 1 is 1.19 bits per heavy atom. The molecule has 0 aliphatic heterocycles. The van der Waals surface area contributed by atoms with Gasteiger partial charge in [0.15, 0.2) is 11.5 Å². The van der Waals surface area contributed by atoms with Gasteiger partial charge in [0.2, 0.25) is 0 Å². The summed E-state index contributed by atoms with van der Waals surface area (Å²) in [5.41, 5.74) is 0.861. The number of pyridine rings is 1. The summed E-state index contributed by atoms with van der Waals surface area (Å²) in [6.45, 7) is 0.524. The molecule has 1 aromatic carbocycles. The average molecular weight is 375 g/mol. The van der Waals surface area contributed by atoms with Gasteiger partial charge in [-0.2, -0.15) is 0 Å². The summed E-state index contributed by atoms with van der Waals surface area (Å²) in [6, 6.07) is 8.34. The molecule has 0 aliphatic carbocycles. The van der Waals surface area contributed by atoms with E-state index in [0.29, 0.717) is 30.3 Å². The molecular formula is C18H21N3O6. The van der Waals surface area contributed by atoms with Crippen LogP contribution in [0.4, 0.5) is 11.5 Å². The summed E-state index contributed by atoms with van der Waals surface area (Å²) in [5.74, 6) is 1.41. The molecule has 0 unspecified atom stereocenters. The highest BCUT2D eigenvalue weighted by molar-refractivity contribution is 5.69. The van der Waals surface area contributed by atoms with Gasteiger partial charge in [0.05, 0.1) is 25.7 Å². The third-order valence-corrected chi connectivity index (χ3v) is 3.70. The molecule has 9 heteroatoms. The van der Waals surface area contributed by atoms with Gasteiger partial charge in [-0.25, -0.2) is 4.98 Å². The maximum atomic E-state index is 11.8. The molecule has 0 amide bonds. The summed E-state index contributed by atoms with van der Waals surface area (Å²) in [7, 11) is 3.12. The highest BCUT2D eigenvalue weighted by Crippen LogP contribution is 2.27. The number of ether oxygens (including phenoxy) is 3. The average Bonchev–Trinajstić information content (AvgIpc) is 2.69. The minimum absolute atomic E-state index is 0.0814. The van der Waals surface area contributed by atoms with Gasteiger partial charge in [-0.1, -0.05) is 6.07 Å². The number of rotatable bonds is 10. The molecule has 2 aromatic rings. The lowest BCUT2D eigenvalue weighted by molar-refractivity contribution is -0.385. The Balaban J connectivity index is 1.69. The molecule has 144 valence electrons. The van der Waals surface area contributed by atoms with Crippen molar-refractivity contribution in [2.24, 2.45) is 0 Å². The fourth-order valence-corrected chi connectivity index (χ4v) is 2.30. The zero-order valence-electron chi connectivity index (χ0n) is 15.1. The van der Waals surface area contributed by atoms with Crippen LogP contribution in [0.5, 0.6) is 11.5 Å². The van der Waals surface area contributed by atoms with E-state index in [-0.39, 0.29) is 24.7 Å². The lowest BCUT2D eigenvalue weighted by Crippen LogP contribution is -2.14. The Bertz CT molecular complexity index is 779. The van der Waals surface area contributed by atoms with Crippen LogP contribution in [0.15, 0.2) is 36.5 Å². The lowest BCUT2D eigenvalue weighted by Gasteiger charge is -2.10. The number of aryl methyl sites for hydroxylation is 1. The molecule has 2 rings (SSSR count). The highest BCUT2D eigenvalue weighted by atomic mass is 16.6. The Morgan fingerprint density at radius 2 is 1.96 bits per heavy atom. The van der Waals surface area contributed by atoms with Crippen LogP contribution in [0, 0.1) is 10.1 Å². The summed E-state index contributed by atoms with van der Waals surface area (Å²) in [5, 5.41) is 13.5. The van der Waals surface area contributed by atoms with Crippen molar-refractivity contribution in [1.29, 1.82) is 0 Å². The van der Waals surface area contributed by atoms with Crippen LogP contribution in [-0.4, -0.2) is 43.2 Å². The fraction of sp³-hybridized carbons (Fsp3) is 0.333. The Morgan fingerprint density at radius 3 is 2.59 bits per heavy atom. The van der Waals surface area contributed by atoms with Crippen molar-refractivity contribution in [1.82, 2.24) is 4.98 Å². The van der Waals surface area contributed by atoms with Crippen LogP contribution >= 0.6 is 0 Å². The van der Waals surface area contributed by atoms with Gasteiger partial charge in [-0.3, -0.25) is 14.9 Å². The van der Waals surface area contributed by atoms with Crippen molar-refractivity contribution in [2.75, 3.05) is 32.7 Å². The van der Waals surface area contributed by atoms with Crippen LogP contribution in [0.2, 0.25) is 0 Å². The van der Waals surface area contributed by atoms with Crippen LogP contribution in [-0.2, 0) is 16.0 Å². The molecule has 0 saturated carbocycles. The third-order valence-electron chi connectivity index (χ3n) is 3.70. The van der Waals surface area contributed by atoms with Gasteiger partial charge in [0, 0.05) is 12.5 Å². The second kappa shape index (κ2) is 9.95. The molecular weight excluding hydrogens is 354 g/mol. The van der Waals surface area contributed by atoms with Crippen molar-refractivity contribution >= 4 is 17.5 Å². The maximum Gasteiger partial charge on any atom is 0.306 e. The second-order valence-electron chi connectivity index (χ2n) is 5.50. The minimum Gasteiger partial charge on any atom is -0.493 e. The van der Waals surface area contributed by atoms with E-state index in [1.807, 2.05) is 12.1 Å². The molecule has 27 heavy (non-hydrogen) atoms. The molecule has 0 spiro atoms. The highest BCUT2D eigenvalue weighted by Gasteiger charge is 2.08. The summed E-state index contributed by atoms with van der Waals surface area (Å²) < 4.78 is 15.6. The number of anilines is 1. The first kappa shape index (κ1) is 20.0. The van der Waals surface area contributed by atoms with Crippen LogP contribution in [0.3, 0.4) is 0 Å². The van der Waals surface area contributed by atoms with E-state index in [4.69, 9.17) is 14.2 Å². The van der Waals surface area contributed by atoms with E-state index in [1.165, 1.54) is 12.1 Å². The molecule has 0 bridgehead atoms. The summed E-state index contributed by atoms with van der Waals surface area (Å²) >= 11 is 0. The number of aromatic nitrogens is 1. The maximum absolute atomic E-state index is 11.8. The number of methoxy groups -OCH3 is 2. The molecule has 1 N–H and O–H groups in total. The molecule has 1 heterocycles. The van der Waals surface area contributed by atoms with Crippen molar-refractivity contribution < 1.29 is 23.9 Å². The number of hydrogen-bond acceptors (Lipinski definition) is 8. The lowest BCUT2D eigenvalue weighted by atomic mass is 10.1. The van der Waals surface area contributed by atoms with Crippen molar-refractivity contribution in [3.8, 4) is 11.5 Å². The first-order valence-electron chi connectivity index (χ1n) is 8.24. The number of nitro groups is 1. The van der Waals surface area contributed by atoms with E-state index in [1.54, 1.807) is 20.3 Å². The topological polar surface area (TPSA) is 113 Å². The smallest absolute Gasteiger partial charge is 0.306 e. The number of carbonyl (C=O) groups excluding carboxylic acids is 1. The van der Waals surface area contributed by atoms with E-state index in [2.05, 4.69) is 10.3 Å². The molecule has 0 radical (unpaired) electrons. The SMILES string of the molecule is COc1ccc(CCC(=O)OCCNc2ccc([N+](=O)[O-])cn2)cc1OC. The Kier molecular flexibility index (Phi) is 7.36. The Labute approximate surface area is 156 Å². The normalized spacial score (nSPS) is 10.1. The molecule has 0 aliphatic rings. The van der Waals surface area contributed by atoms with Gasteiger partial charge in [0.25, 0.3) is 5.69 Å². The summed E-state index contributed by atoms with van der Waals surface area (Å²) in [4.78, 5) is 25.8. The Hall–Kier alpha value is -3.36. The van der Waals surface area contributed by atoms with Crippen molar-refractivity contribution in [3.63, 3.8) is 0 Å². The predicted octanol–water partition coefficient (Wildman–Crippen LogP) is 2.59. The van der Waals surface area contributed by atoms with Crippen LogP contribution in [0.1, 0.15) is 12.0 Å². The van der Waals surface area contributed by atoms with Crippen molar-refractivity contribution in [2.45, 2.75) is 12.8 Å². The number of esters is 1. The first-order valence-corrected chi connectivity index (χ1v) is 8.24. The zero-order valence-corrected chi connectivity index (χ0v) is 15.1. The molecule has 1 aromatic heterocycles. The molecule has 0 fully saturated rings. The first-order chi connectivity index (χ1) is 13.0. The minimum atomic E-state index is -0.517. The predicted molar refractivity (Wildman–Crippen MR) is 98.2 cm³/mol. The van der Waals surface area contributed by atoms with Gasteiger partial charge in [0.1, 0.15) is 18.6 Å². The number of nitrogens with one attached hydrogen (secondary N) is 1. The molecule has 0 saturated heterocycles. The summed E-state index contributed by atoms with van der Waals surface area (Å²) in [6.07, 6.45) is 1.93. The number of hydrogen-bond donors (Lipinski definition) is 1. The van der Waals surface area contributed by atoms with E-state index in [0.717, 1.165) is 11.8 Å². The standard InChI is InChI=1S/C18H21N3O6/c1-25-15-6-3-13(11-16(15)26-2)4-8-18(22)27-10-9-19-17-7-5-14(12-20-17)21(23)24/h3,5-7,11-12H,4,8-10H2,1-2H3,(H,19,20). The largest absolute Gasteiger partial charge is 0.493 e. The zero-order chi connectivity index (χ0) is 19.6. The van der Waals surface area contributed by atoms with Crippen LogP contribution < -0.4 is 14.8 Å². The third kappa shape index (κ3) is 6.14. The molecule has 9 nitrogen and oxygen atoms in total. The van der Waals surface area contributed by atoms with Gasteiger partial charge in [-0.05, 0) is 30.2 Å². The van der Waals surface area contributed by atoms with Gasteiger partial charge >= 0.3 is 5.97 Å². The molecule has 0 atom stereocenters. The van der Waals surface area contributed by atoms with E-state index in [9.17, 15) is 14.9 Å². The fourth-order valence-electron chi connectivity index (χ4n) is 2.30. The number of carbonyl (C=O) groups is 1. The van der Waals surface area contributed by atoms with Gasteiger partial charge < -0.3 is 19.5 Å². The van der Waals surface area contributed by atoms with Gasteiger partial charge in [-0.15, -0.1) is 0 Å². The van der Waals surface area contributed by atoms with E-state index < -0.39 is 4.92 Å². The number of benzene rings is 1. The van der Waals surface area contributed by atoms with Crippen molar-refractivity contribution in [3.05, 3.63) is 52.2 Å². The quantitative estimate of drug-likeness (QED) is 0.292. The second-order valence-corrected chi connectivity index (χ2v) is 5.50. The number of nitrogens with zero attached hydrogens (tertiary/aromatic N) is 2. The monoisotopic (exact) mass is 375 g/mol.